The first-order valence-corrected chi connectivity index (χ1v) is 9.41. The van der Waals surface area contributed by atoms with E-state index in [9.17, 15) is 26.4 Å². The number of furan rings is 1. The molecule has 0 aliphatic rings. The molecule has 1 N–H and O–H groups in total. The quantitative estimate of drug-likeness (QED) is 0.571. The molecule has 0 radical (unpaired) electrons. The van der Waals surface area contributed by atoms with Crippen LogP contribution in [0.2, 0.25) is 5.02 Å². The first-order valence-electron chi connectivity index (χ1n) is 7.18. The number of amides is 1. The average molecular weight is 424 g/mol. The Balaban J connectivity index is 2.25. The van der Waals surface area contributed by atoms with Crippen LogP contribution in [0.4, 0.5) is 18.9 Å². The smallest absolute Gasteiger partial charge is 0.416 e. The van der Waals surface area contributed by atoms with Crippen LogP contribution >= 0.6 is 11.6 Å². The molecule has 1 heterocycles. The van der Waals surface area contributed by atoms with Crippen LogP contribution in [-0.2, 0) is 21.0 Å². The predicted molar refractivity (Wildman–Crippen MR) is 93.1 cm³/mol. The monoisotopic (exact) mass is 423 g/mol. The zero-order chi connectivity index (χ0) is 20.2. The predicted octanol–water partition coefficient (Wildman–Crippen LogP) is 2.87. The van der Waals surface area contributed by atoms with Gasteiger partial charge < -0.3 is 4.42 Å². The third-order valence-electron chi connectivity index (χ3n) is 3.15. The molecule has 1 aromatic carbocycles. The molecule has 2 rings (SSSR count). The minimum atomic E-state index is -4.71. The zero-order valence-corrected chi connectivity index (χ0v) is 15.3. The number of nitrogens with one attached hydrogen (secondary N) is 1. The van der Waals surface area contributed by atoms with Gasteiger partial charge in [0.2, 0.25) is 10.0 Å². The number of hydrazone groups is 1. The van der Waals surface area contributed by atoms with Crippen LogP contribution < -0.4 is 9.73 Å². The number of hydrogen-bond acceptors (Lipinski definition) is 5. The maximum absolute atomic E-state index is 12.9. The van der Waals surface area contributed by atoms with Crippen molar-refractivity contribution in [1.82, 2.24) is 5.43 Å². The number of anilines is 1. The Morgan fingerprint density at radius 3 is 2.63 bits per heavy atom. The van der Waals surface area contributed by atoms with Crippen molar-refractivity contribution >= 4 is 39.4 Å². The van der Waals surface area contributed by atoms with Crippen LogP contribution in [0.15, 0.2) is 46.1 Å². The summed E-state index contributed by atoms with van der Waals surface area (Å²) in [4.78, 5) is 12.0. The Hall–Kier alpha value is -2.53. The number of nitrogens with zero attached hydrogens (tertiary/aromatic N) is 2. The molecule has 0 unspecified atom stereocenters. The molecule has 0 saturated heterocycles. The van der Waals surface area contributed by atoms with Crippen molar-refractivity contribution in [3.8, 4) is 0 Å². The number of hydrogen-bond donors (Lipinski definition) is 1. The number of carbonyl (C=O) groups is 1. The Morgan fingerprint density at radius 1 is 1.37 bits per heavy atom. The second kappa shape index (κ2) is 8.01. The summed E-state index contributed by atoms with van der Waals surface area (Å²) in [6, 6.07) is 5.32. The van der Waals surface area contributed by atoms with Crippen LogP contribution in [0.5, 0.6) is 0 Å². The maximum Gasteiger partial charge on any atom is 0.416 e. The Kier molecular flexibility index (Phi) is 6.16. The summed E-state index contributed by atoms with van der Waals surface area (Å²) in [6.07, 6.45) is -1.43. The second-order valence-corrected chi connectivity index (χ2v) is 7.56. The summed E-state index contributed by atoms with van der Waals surface area (Å²) < 4.78 is 68.1. The molecule has 12 heteroatoms. The normalized spacial score (nSPS) is 12.3. The lowest BCUT2D eigenvalue weighted by Crippen LogP contribution is -2.39. The first kappa shape index (κ1) is 20.8. The van der Waals surface area contributed by atoms with Crippen molar-refractivity contribution in [2.45, 2.75) is 6.18 Å². The van der Waals surface area contributed by atoms with Crippen molar-refractivity contribution in [2.75, 3.05) is 17.1 Å². The fraction of sp³-hybridized carbons (Fsp3) is 0.200. The molecule has 2 aromatic rings. The lowest BCUT2D eigenvalue weighted by Gasteiger charge is -2.23. The number of benzene rings is 1. The van der Waals surface area contributed by atoms with Crippen molar-refractivity contribution < 1.29 is 30.8 Å². The van der Waals surface area contributed by atoms with Gasteiger partial charge in [-0.15, -0.1) is 0 Å². The van der Waals surface area contributed by atoms with E-state index < -0.39 is 39.9 Å². The molecule has 0 saturated carbocycles. The molecule has 0 bridgehead atoms. The van der Waals surface area contributed by atoms with Crippen molar-refractivity contribution in [3.63, 3.8) is 0 Å². The first-order chi connectivity index (χ1) is 12.5. The van der Waals surface area contributed by atoms with E-state index in [1.165, 1.54) is 12.5 Å². The van der Waals surface area contributed by atoms with Gasteiger partial charge in [0.25, 0.3) is 5.91 Å². The van der Waals surface area contributed by atoms with Gasteiger partial charge >= 0.3 is 6.18 Å². The van der Waals surface area contributed by atoms with E-state index in [1.54, 1.807) is 12.1 Å². The lowest BCUT2D eigenvalue weighted by molar-refractivity contribution is -0.137. The topological polar surface area (TPSA) is 92.0 Å². The number of rotatable bonds is 6. The van der Waals surface area contributed by atoms with Gasteiger partial charge in [0.1, 0.15) is 12.3 Å². The Morgan fingerprint density at radius 2 is 2.07 bits per heavy atom. The molecule has 146 valence electrons. The van der Waals surface area contributed by atoms with Gasteiger partial charge in [0.05, 0.1) is 35.0 Å². The van der Waals surface area contributed by atoms with Crippen molar-refractivity contribution in [1.29, 1.82) is 0 Å². The minimum absolute atomic E-state index is 0.264. The molecular formula is C15H13ClF3N3O4S. The molecule has 7 nitrogen and oxygen atoms in total. The Labute approximate surface area is 157 Å². The summed E-state index contributed by atoms with van der Waals surface area (Å²) in [5, 5.41) is 3.31. The van der Waals surface area contributed by atoms with Gasteiger partial charge in [-0.25, -0.2) is 13.8 Å². The van der Waals surface area contributed by atoms with Crippen LogP contribution in [0, 0.1) is 0 Å². The van der Waals surface area contributed by atoms with E-state index in [0.717, 1.165) is 12.3 Å². The molecule has 0 spiro atoms. The van der Waals surface area contributed by atoms with E-state index in [2.05, 4.69) is 10.5 Å². The highest BCUT2D eigenvalue weighted by Crippen LogP contribution is 2.36. The molecule has 0 aliphatic heterocycles. The highest BCUT2D eigenvalue weighted by atomic mass is 35.5. The van der Waals surface area contributed by atoms with Gasteiger partial charge in [-0.3, -0.25) is 9.10 Å². The van der Waals surface area contributed by atoms with Crippen LogP contribution in [0.1, 0.15) is 11.3 Å². The summed E-state index contributed by atoms with van der Waals surface area (Å²) in [5.74, 6) is -0.562. The minimum Gasteiger partial charge on any atom is -0.463 e. The summed E-state index contributed by atoms with van der Waals surface area (Å²) in [7, 11) is -4.12. The van der Waals surface area contributed by atoms with Crippen molar-refractivity contribution in [2.24, 2.45) is 5.10 Å². The average Bonchev–Trinajstić information content (AvgIpc) is 3.04. The molecule has 1 aromatic heterocycles. The van der Waals surface area contributed by atoms with Crippen LogP contribution in [0.25, 0.3) is 0 Å². The molecule has 27 heavy (non-hydrogen) atoms. The summed E-state index contributed by atoms with van der Waals surface area (Å²) >= 11 is 5.86. The standard InChI is InChI=1S/C15H13ClF3N3O4S/c1-27(24,25)22(9-14(23)21-20-8-11-3-2-6-26-11)13-7-10(15(17,18)19)4-5-12(13)16/h2-8H,9H2,1H3,(H,21,23)/b20-8-. The van der Waals surface area contributed by atoms with Gasteiger partial charge in [-0.2, -0.15) is 18.3 Å². The Bertz CT molecular complexity index is 944. The van der Waals surface area contributed by atoms with E-state index in [4.69, 9.17) is 16.0 Å². The molecule has 1 amide bonds. The van der Waals surface area contributed by atoms with Gasteiger partial charge in [0, 0.05) is 0 Å². The molecule has 0 atom stereocenters. The summed E-state index contributed by atoms with van der Waals surface area (Å²) in [6.45, 7) is -0.824. The van der Waals surface area contributed by atoms with E-state index in [0.29, 0.717) is 22.2 Å². The van der Waals surface area contributed by atoms with Gasteiger partial charge in [-0.05, 0) is 30.3 Å². The largest absolute Gasteiger partial charge is 0.463 e. The maximum atomic E-state index is 12.9. The van der Waals surface area contributed by atoms with E-state index in [1.807, 2.05) is 0 Å². The molecule has 0 aliphatic carbocycles. The van der Waals surface area contributed by atoms with Gasteiger partial charge in [0.15, 0.2) is 0 Å². The van der Waals surface area contributed by atoms with E-state index >= 15 is 0 Å². The van der Waals surface area contributed by atoms with E-state index in [-0.39, 0.29) is 5.02 Å². The third kappa shape index (κ3) is 5.73. The number of alkyl halides is 3. The highest BCUT2D eigenvalue weighted by molar-refractivity contribution is 7.92. The van der Waals surface area contributed by atoms with Crippen LogP contribution in [-0.4, -0.2) is 33.3 Å². The molecular weight excluding hydrogens is 411 g/mol. The zero-order valence-electron chi connectivity index (χ0n) is 13.7. The summed E-state index contributed by atoms with van der Waals surface area (Å²) in [5.41, 5.74) is 0.479. The number of sulfonamides is 1. The highest BCUT2D eigenvalue weighted by Gasteiger charge is 2.33. The third-order valence-corrected chi connectivity index (χ3v) is 4.60. The molecule has 0 fully saturated rings. The van der Waals surface area contributed by atoms with Gasteiger partial charge in [-0.1, -0.05) is 11.6 Å². The second-order valence-electron chi connectivity index (χ2n) is 5.24. The lowest BCUT2D eigenvalue weighted by atomic mass is 10.2. The SMILES string of the molecule is CS(=O)(=O)N(CC(=O)N/N=C\c1ccco1)c1cc(C(F)(F)F)ccc1Cl. The van der Waals surface area contributed by atoms with Crippen molar-refractivity contribution in [3.05, 3.63) is 52.9 Å². The fourth-order valence-corrected chi connectivity index (χ4v) is 3.09. The fourth-order valence-electron chi connectivity index (χ4n) is 1.96. The van der Waals surface area contributed by atoms with Crippen LogP contribution in [0.3, 0.4) is 0 Å². The number of halogens is 4. The number of carbonyl (C=O) groups excluding carboxylic acids is 1.